The normalized spacial score (nSPS) is 12.1. The van der Waals surface area contributed by atoms with Crippen LogP contribution in [0.25, 0.3) is 0 Å². The summed E-state index contributed by atoms with van der Waals surface area (Å²) >= 11 is 1.71. The molecule has 4 heteroatoms. The van der Waals surface area contributed by atoms with Crippen molar-refractivity contribution in [3.8, 4) is 0 Å². The molecular weight excluding hydrogens is 246 g/mol. The van der Waals surface area contributed by atoms with Gasteiger partial charge < -0.3 is 10.5 Å². The third-order valence-electron chi connectivity index (χ3n) is 2.43. The van der Waals surface area contributed by atoms with Gasteiger partial charge >= 0.3 is 5.97 Å². The zero-order valence-corrected chi connectivity index (χ0v) is 11.6. The lowest BCUT2D eigenvalue weighted by atomic mass is 10.1. The fraction of sp³-hybridized carbons (Fsp3) is 0.500. The molecule has 3 nitrogen and oxygen atoms in total. The molecule has 1 rings (SSSR count). The molecule has 0 radical (unpaired) electrons. The largest absolute Gasteiger partial charge is 0.466 e. The summed E-state index contributed by atoms with van der Waals surface area (Å²) in [4.78, 5) is 11.1. The number of thioether (sulfide) groups is 1. The van der Waals surface area contributed by atoms with E-state index >= 15 is 0 Å². The maximum absolute atomic E-state index is 11.1. The molecule has 0 saturated heterocycles. The first-order valence-electron chi connectivity index (χ1n) is 6.25. The van der Waals surface area contributed by atoms with E-state index in [-0.39, 0.29) is 12.0 Å². The Morgan fingerprint density at radius 2 is 2.11 bits per heavy atom. The predicted octanol–water partition coefficient (Wildman–Crippen LogP) is 2.24. The Morgan fingerprint density at radius 3 is 2.78 bits per heavy atom. The topological polar surface area (TPSA) is 52.3 Å². The Hall–Kier alpha value is -1.00. The molecule has 0 aliphatic heterocycles. The van der Waals surface area contributed by atoms with Crippen LogP contribution in [0.2, 0.25) is 0 Å². The van der Waals surface area contributed by atoms with Crippen molar-refractivity contribution in [1.29, 1.82) is 0 Å². The van der Waals surface area contributed by atoms with Crippen molar-refractivity contribution >= 4 is 17.7 Å². The Labute approximate surface area is 113 Å². The van der Waals surface area contributed by atoms with Crippen LogP contribution in [-0.4, -0.2) is 30.1 Å². The Kier molecular flexibility index (Phi) is 7.53. The second kappa shape index (κ2) is 9.00. The maximum Gasteiger partial charge on any atom is 0.306 e. The molecule has 100 valence electrons. The van der Waals surface area contributed by atoms with Gasteiger partial charge in [0.1, 0.15) is 0 Å². The molecule has 1 atom stereocenters. The minimum absolute atomic E-state index is 0.123. The molecule has 0 heterocycles. The second-order valence-electron chi connectivity index (χ2n) is 4.08. The third kappa shape index (κ3) is 6.67. The van der Waals surface area contributed by atoms with Gasteiger partial charge in [0.05, 0.1) is 13.0 Å². The fourth-order valence-electron chi connectivity index (χ4n) is 1.60. The molecule has 0 aliphatic rings. The van der Waals surface area contributed by atoms with Gasteiger partial charge in [0.25, 0.3) is 0 Å². The van der Waals surface area contributed by atoms with E-state index in [2.05, 4.69) is 12.1 Å². The zero-order chi connectivity index (χ0) is 13.2. The summed E-state index contributed by atoms with van der Waals surface area (Å²) in [7, 11) is 0. The van der Waals surface area contributed by atoms with Crippen molar-refractivity contribution in [2.75, 3.05) is 18.1 Å². The summed E-state index contributed by atoms with van der Waals surface area (Å²) in [5.74, 6) is 1.52. The fourth-order valence-corrected chi connectivity index (χ4v) is 2.50. The number of nitrogens with two attached hydrogens (primary N) is 1. The number of carbonyl (C=O) groups is 1. The summed E-state index contributed by atoms with van der Waals surface area (Å²) in [6, 6.07) is 10.4. The predicted molar refractivity (Wildman–Crippen MR) is 76.7 cm³/mol. The summed E-state index contributed by atoms with van der Waals surface area (Å²) in [5, 5.41) is 0. The van der Waals surface area contributed by atoms with Gasteiger partial charge in [-0.15, -0.1) is 0 Å². The van der Waals surface area contributed by atoms with Crippen LogP contribution < -0.4 is 5.73 Å². The van der Waals surface area contributed by atoms with Gasteiger partial charge in [0.15, 0.2) is 0 Å². The molecule has 2 N–H and O–H groups in total. The molecule has 0 aliphatic carbocycles. The molecule has 1 aromatic rings. The number of esters is 1. The van der Waals surface area contributed by atoms with E-state index in [1.165, 1.54) is 5.56 Å². The van der Waals surface area contributed by atoms with Gasteiger partial charge in [-0.2, -0.15) is 11.8 Å². The average molecular weight is 267 g/mol. The van der Waals surface area contributed by atoms with E-state index in [1.807, 2.05) is 25.1 Å². The van der Waals surface area contributed by atoms with Crippen LogP contribution in [0.1, 0.15) is 18.9 Å². The van der Waals surface area contributed by atoms with Crippen LogP contribution >= 0.6 is 11.8 Å². The van der Waals surface area contributed by atoms with Gasteiger partial charge in [-0.3, -0.25) is 4.79 Å². The molecule has 0 amide bonds. The van der Waals surface area contributed by atoms with E-state index in [1.54, 1.807) is 11.8 Å². The molecule has 0 aromatic heterocycles. The van der Waals surface area contributed by atoms with Crippen LogP contribution in [0.4, 0.5) is 0 Å². The van der Waals surface area contributed by atoms with Crippen molar-refractivity contribution < 1.29 is 9.53 Å². The summed E-state index contributed by atoms with van der Waals surface area (Å²) in [5.41, 5.74) is 7.30. The SMILES string of the molecule is CCOC(=O)CCSC[C@@H](N)Cc1ccccc1. The lowest BCUT2D eigenvalue weighted by Gasteiger charge is -2.11. The molecule has 0 unspecified atom stereocenters. The minimum atomic E-state index is -0.123. The quantitative estimate of drug-likeness (QED) is 0.580. The van der Waals surface area contributed by atoms with Gasteiger partial charge in [0, 0.05) is 17.5 Å². The standard InChI is InChI=1S/C14H21NO2S/c1-2-17-14(16)8-9-18-11-13(15)10-12-6-4-3-5-7-12/h3-7,13H,2,8-11,15H2,1H3/t13-/m0/s1. The van der Waals surface area contributed by atoms with Crippen molar-refractivity contribution in [2.45, 2.75) is 25.8 Å². The van der Waals surface area contributed by atoms with Crippen molar-refractivity contribution in [2.24, 2.45) is 5.73 Å². The Morgan fingerprint density at radius 1 is 1.39 bits per heavy atom. The van der Waals surface area contributed by atoms with E-state index in [4.69, 9.17) is 10.5 Å². The first-order valence-corrected chi connectivity index (χ1v) is 7.40. The Balaban J connectivity index is 2.10. The highest BCUT2D eigenvalue weighted by molar-refractivity contribution is 7.99. The zero-order valence-electron chi connectivity index (χ0n) is 10.8. The number of ether oxygens (including phenoxy) is 1. The average Bonchev–Trinajstić information content (AvgIpc) is 2.36. The molecule has 0 saturated carbocycles. The molecule has 0 spiro atoms. The number of rotatable bonds is 8. The highest BCUT2D eigenvalue weighted by Gasteiger charge is 2.06. The molecule has 18 heavy (non-hydrogen) atoms. The number of hydrogen-bond acceptors (Lipinski definition) is 4. The summed E-state index contributed by atoms with van der Waals surface area (Å²) in [6.07, 6.45) is 1.35. The lowest BCUT2D eigenvalue weighted by Crippen LogP contribution is -2.25. The lowest BCUT2D eigenvalue weighted by molar-refractivity contribution is -0.142. The molecular formula is C14H21NO2S. The van der Waals surface area contributed by atoms with Crippen molar-refractivity contribution in [3.63, 3.8) is 0 Å². The van der Waals surface area contributed by atoms with Gasteiger partial charge in [-0.05, 0) is 18.9 Å². The van der Waals surface area contributed by atoms with Gasteiger partial charge in [0.2, 0.25) is 0 Å². The van der Waals surface area contributed by atoms with E-state index in [0.29, 0.717) is 13.0 Å². The van der Waals surface area contributed by atoms with Crippen LogP contribution in [-0.2, 0) is 16.0 Å². The maximum atomic E-state index is 11.1. The second-order valence-corrected chi connectivity index (χ2v) is 5.23. The van der Waals surface area contributed by atoms with Crippen LogP contribution in [0.5, 0.6) is 0 Å². The van der Waals surface area contributed by atoms with Crippen molar-refractivity contribution in [1.82, 2.24) is 0 Å². The number of hydrogen-bond donors (Lipinski definition) is 1. The third-order valence-corrected chi connectivity index (χ3v) is 3.59. The summed E-state index contributed by atoms with van der Waals surface area (Å²) < 4.78 is 4.86. The summed E-state index contributed by atoms with van der Waals surface area (Å²) in [6.45, 7) is 2.28. The molecule has 1 aromatic carbocycles. The smallest absolute Gasteiger partial charge is 0.306 e. The van der Waals surface area contributed by atoms with Crippen LogP contribution in [0.3, 0.4) is 0 Å². The minimum Gasteiger partial charge on any atom is -0.466 e. The first kappa shape index (κ1) is 15.1. The van der Waals surface area contributed by atoms with Crippen LogP contribution in [0, 0.1) is 0 Å². The van der Waals surface area contributed by atoms with Crippen LogP contribution in [0.15, 0.2) is 30.3 Å². The molecule has 0 fully saturated rings. The number of benzene rings is 1. The Bertz CT molecular complexity index is 343. The van der Waals surface area contributed by atoms with Crippen molar-refractivity contribution in [3.05, 3.63) is 35.9 Å². The molecule has 0 bridgehead atoms. The van der Waals surface area contributed by atoms with E-state index < -0.39 is 0 Å². The highest BCUT2D eigenvalue weighted by Crippen LogP contribution is 2.09. The van der Waals surface area contributed by atoms with Gasteiger partial charge in [-0.25, -0.2) is 0 Å². The number of carbonyl (C=O) groups excluding carboxylic acids is 1. The van der Waals surface area contributed by atoms with E-state index in [0.717, 1.165) is 17.9 Å². The monoisotopic (exact) mass is 267 g/mol. The van der Waals surface area contributed by atoms with Gasteiger partial charge in [-0.1, -0.05) is 30.3 Å². The highest BCUT2D eigenvalue weighted by atomic mass is 32.2. The first-order chi connectivity index (χ1) is 8.72. The van der Waals surface area contributed by atoms with E-state index in [9.17, 15) is 4.79 Å².